The number of aromatic nitrogens is 2. The topological polar surface area (TPSA) is 16.3 Å². The molecule has 12 aromatic rings. The first-order chi connectivity index (χ1) is 32.8. The van der Waals surface area contributed by atoms with E-state index in [2.05, 4.69) is 249 Å². The van der Waals surface area contributed by atoms with E-state index in [4.69, 9.17) is 0 Å². The van der Waals surface area contributed by atoms with Gasteiger partial charge < -0.3 is 18.9 Å². The van der Waals surface area contributed by atoms with Crippen molar-refractivity contribution in [3.63, 3.8) is 0 Å². The summed E-state index contributed by atoms with van der Waals surface area (Å²) in [6.45, 7) is 1.70. The monoisotopic (exact) mass is 842 g/mol. The average molecular weight is 843 g/mol. The van der Waals surface area contributed by atoms with Crippen molar-refractivity contribution >= 4 is 66.4 Å². The molecular weight excluding hydrogens is 801 g/mol. The number of fused-ring (bicyclic) bond motifs is 15. The fourth-order valence-corrected chi connectivity index (χ4v) is 11.3. The maximum absolute atomic E-state index is 2.52. The Morgan fingerprint density at radius 3 is 0.939 bits per heavy atom. The van der Waals surface area contributed by atoms with Crippen molar-refractivity contribution in [1.82, 2.24) is 9.13 Å². The van der Waals surface area contributed by atoms with E-state index in [0.29, 0.717) is 0 Å². The molecular formula is C62H42N4. The Morgan fingerprint density at radius 1 is 0.227 bits per heavy atom. The standard InChI is InChI=1S/C62H42N4/c1-3-17-41(18-4-1)63-35-36-64(42-19-5-2-6-20-42)62-40-56-54-38-44(66-59-29-15-11-25-51(59)52-26-12-16-30-60(52)66)32-34-48(54)47-33-31-43(37-53(47)45-21-7-8-22-46(45)55(56)39-61(62)63)65-57-27-13-9-23-49(57)50-24-10-14-28-58(50)65/h1-34,37-40H,35-36H2. The summed E-state index contributed by atoms with van der Waals surface area (Å²) in [4.78, 5) is 5.03. The molecule has 310 valence electrons. The molecule has 0 amide bonds. The van der Waals surface area contributed by atoms with Gasteiger partial charge in [-0.3, -0.25) is 0 Å². The first kappa shape index (κ1) is 36.8. The molecule has 0 unspecified atom stereocenters. The number of para-hydroxylation sites is 6. The molecule has 66 heavy (non-hydrogen) atoms. The first-order valence-corrected chi connectivity index (χ1v) is 23.0. The zero-order valence-electron chi connectivity index (χ0n) is 36.1. The lowest BCUT2D eigenvalue weighted by atomic mass is 9.80. The van der Waals surface area contributed by atoms with Crippen molar-refractivity contribution in [2.75, 3.05) is 22.9 Å². The third kappa shape index (κ3) is 5.45. The van der Waals surface area contributed by atoms with Crippen LogP contribution < -0.4 is 9.80 Å². The third-order valence-electron chi connectivity index (χ3n) is 14.1. The minimum Gasteiger partial charge on any atom is -0.338 e. The van der Waals surface area contributed by atoms with E-state index in [1.165, 1.54) is 111 Å². The smallest absolute Gasteiger partial charge is 0.0659 e. The highest BCUT2D eigenvalue weighted by Crippen LogP contribution is 2.54. The van der Waals surface area contributed by atoms with Crippen molar-refractivity contribution in [1.29, 1.82) is 0 Å². The number of rotatable bonds is 4. The lowest BCUT2D eigenvalue weighted by Crippen LogP contribution is -2.36. The largest absolute Gasteiger partial charge is 0.338 e. The van der Waals surface area contributed by atoms with Gasteiger partial charge in [-0.05, 0) is 129 Å². The second kappa shape index (κ2) is 14.5. The van der Waals surface area contributed by atoms with E-state index in [9.17, 15) is 0 Å². The van der Waals surface area contributed by atoms with Crippen LogP contribution in [0.2, 0.25) is 0 Å². The van der Waals surface area contributed by atoms with Crippen LogP contribution in [0.3, 0.4) is 0 Å². The SMILES string of the molecule is c1ccc(N2CCN(c3ccccc3)c3cc4c(cc32)-c2ccccc2-c2cc(-n3c5ccccc5c5ccccc53)ccc2-c2ccc(-n3c5ccccc5c5ccccc53)cc2-4)cc1. The number of hydrogen-bond acceptors (Lipinski definition) is 2. The second-order valence-corrected chi connectivity index (χ2v) is 17.6. The van der Waals surface area contributed by atoms with Gasteiger partial charge in [-0.1, -0.05) is 146 Å². The Balaban J connectivity index is 1.09. The predicted molar refractivity (Wildman–Crippen MR) is 277 cm³/mol. The number of hydrogen-bond donors (Lipinski definition) is 0. The summed E-state index contributed by atoms with van der Waals surface area (Å²) in [5.41, 5.74) is 21.6. The molecule has 0 N–H and O–H groups in total. The molecule has 0 bridgehead atoms. The van der Waals surface area contributed by atoms with E-state index in [1.807, 2.05) is 0 Å². The lowest BCUT2D eigenvalue weighted by molar-refractivity contribution is 0.850. The summed E-state index contributed by atoms with van der Waals surface area (Å²) in [7, 11) is 0. The van der Waals surface area contributed by atoms with Crippen LogP contribution in [0.4, 0.5) is 22.7 Å². The van der Waals surface area contributed by atoms with Gasteiger partial charge in [0.25, 0.3) is 0 Å². The summed E-state index contributed by atoms with van der Waals surface area (Å²) in [6, 6.07) is 85.4. The van der Waals surface area contributed by atoms with E-state index in [0.717, 1.165) is 24.5 Å². The molecule has 2 aliphatic rings. The molecule has 0 radical (unpaired) electrons. The van der Waals surface area contributed by atoms with E-state index < -0.39 is 0 Å². The summed E-state index contributed by atoms with van der Waals surface area (Å²) < 4.78 is 4.90. The Kier molecular flexibility index (Phi) is 8.07. The summed E-state index contributed by atoms with van der Waals surface area (Å²) in [5.74, 6) is 0. The Hall–Kier alpha value is -8.60. The normalized spacial score (nSPS) is 13.0. The van der Waals surface area contributed by atoms with E-state index in [1.54, 1.807) is 0 Å². The van der Waals surface area contributed by atoms with Gasteiger partial charge in [-0.2, -0.15) is 0 Å². The summed E-state index contributed by atoms with van der Waals surface area (Å²) in [6.07, 6.45) is 0. The van der Waals surface area contributed by atoms with Crippen LogP contribution in [0.25, 0.3) is 99.5 Å². The molecule has 3 heterocycles. The van der Waals surface area contributed by atoms with Crippen molar-refractivity contribution in [3.05, 3.63) is 231 Å². The predicted octanol–water partition coefficient (Wildman–Crippen LogP) is 16.2. The zero-order valence-corrected chi connectivity index (χ0v) is 36.1. The Labute approximate surface area is 383 Å². The second-order valence-electron chi connectivity index (χ2n) is 17.6. The van der Waals surface area contributed by atoms with Crippen LogP contribution in [0.1, 0.15) is 0 Å². The van der Waals surface area contributed by atoms with Crippen LogP contribution in [0.15, 0.2) is 231 Å². The molecule has 1 aliphatic heterocycles. The highest BCUT2D eigenvalue weighted by molar-refractivity contribution is 6.12. The van der Waals surface area contributed by atoms with Gasteiger partial charge in [0.2, 0.25) is 0 Å². The average Bonchev–Trinajstić information content (AvgIpc) is 3.91. The highest BCUT2D eigenvalue weighted by atomic mass is 15.3. The van der Waals surface area contributed by atoms with Crippen LogP contribution in [0, 0.1) is 0 Å². The maximum atomic E-state index is 2.52. The molecule has 4 heteroatoms. The molecule has 2 aromatic heterocycles. The molecule has 10 aromatic carbocycles. The van der Waals surface area contributed by atoms with Crippen LogP contribution in [-0.4, -0.2) is 22.2 Å². The maximum Gasteiger partial charge on any atom is 0.0659 e. The molecule has 0 fully saturated rings. The molecule has 0 spiro atoms. The molecule has 0 saturated carbocycles. The highest BCUT2D eigenvalue weighted by Gasteiger charge is 2.31. The van der Waals surface area contributed by atoms with Crippen molar-refractivity contribution in [2.45, 2.75) is 0 Å². The summed E-state index contributed by atoms with van der Waals surface area (Å²) >= 11 is 0. The first-order valence-electron chi connectivity index (χ1n) is 23.0. The molecule has 14 rings (SSSR count). The van der Waals surface area contributed by atoms with Crippen molar-refractivity contribution in [3.8, 4) is 55.9 Å². The lowest BCUT2D eigenvalue weighted by Gasteiger charge is -2.40. The van der Waals surface area contributed by atoms with Crippen LogP contribution in [-0.2, 0) is 0 Å². The summed E-state index contributed by atoms with van der Waals surface area (Å²) in [5, 5.41) is 5.03. The van der Waals surface area contributed by atoms with Gasteiger partial charge in [-0.15, -0.1) is 0 Å². The third-order valence-corrected chi connectivity index (χ3v) is 14.1. The van der Waals surface area contributed by atoms with Crippen LogP contribution in [0.5, 0.6) is 0 Å². The minimum absolute atomic E-state index is 0.851. The zero-order chi connectivity index (χ0) is 43.3. The minimum atomic E-state index is 0.851. The fraction of sp³-hybridized carbons (Fsp3) is 0.0323. The molecule has 4 nitrogen and oxygen atoms in total. The van der Waals surface area contributed by atoms with Crippen LogP contribution >= 0.6 is 0 Å². The molecule has 0 saturated heterocycles. The number of benzene rings is 10. The van der Waals surface area contributed by atoms with E-state index in [-0.39, 0.29) is 0 Å². The molecule has 0 atom stereocenters. The van der Waals surface area contributed by atoms with Gasteiger partial charge in [0, 0.05) is 57.4 Å². The Morgan fingerprint density at radius 2 is 0.530 bits per heavy atom. The fourth-order valence-electron chi connectivity index (χ4n) is 11.3. The number of anilines is 4. The van der Waals surface area contributed by atoms with Crippen molar-refractivity contribution < 1.29 is 0 Å². The Bertz CT molecular complexity index is 3790. The van der Waals surface area contributed by atoms with Gasteiger partial charge in [0.15, 0.2) is 0 Å². The van der Waals surface area contributed by atoms with E-state index >= 15 is 0 Å². The molecule has 1 aliphatic carbocycles. The van der Waals surface area contributed by atoms with Gasteiger partial charge in [-0.25, -0.2) is 0 Å². The number of nitrogens with zero attached hydrogens (tertiary/aromatic N) is 4. The van der Waals surface area contributed by atoms with Gasteiger partial charge >= 0.3 is 0 Å². The van der Waals surface area contributed by atoms with Gasteiger partial charge in [0.05, 0.1) is 33.4 Å². The van der Waals surface area contributed by atoms with Crippen molar-refractivity contribution in [2.24, 2.45) is 0 Å². The quantitative estimate of drug-likeness (QED) is 0.175. The van der Waals surface area contributed by atoms with Gasteiger partial charge in [0.1, 0.15) is 0 Å².